The van der Waals surface area contributed by atoms with Crippen LogP contribution in [0, 0.1) is 5.92 Å². The lowest BCUT2D eigenvalue weighted by Gasteiger charge is -2.46. The lowest BCUT2D eigenvalue weighted by Crippen LogP contribution is -2.52. The Bertz CT molecular complexity index is 243. The fourth-order valence-electron chi connectivity index (χ4n) is 4.16. The molecule has 18 heavy (non-hydrogen) atoms. The molecule has 1 saturated heterocycles. The molecule has 0 radical (unpaired) electrons. The molecule has 1 saturated carbocycles. The monoisotopic (exact) mass is 253 g/mol. The number of nitrogens with zero attached hydrogens (tertiary/aromatic N) is 1. The Morgan fingerprint density at radius 2 is 1.83 bits per heavy atom. The molecule has 1 aliphatic carbocycles. The van der Waals surface area contributed by atoms with Gasteiger partial charge in [-0.1, -0.05) is 32.6 Å². The van der Waals surface area contributed by atoms with Crippen molar-refractivity contribution in [3.05, 3.63) is 0 Å². The van der Waals surface area contributed by atoms with E-state index in [2.05, 4.69) is 18.7 Å². The molecule has 2 aliphatic rings. The van der Waals surface area contributed by atoms with Crippen LogP contribution in [0.5, 0.6) is 0 Å². The molecule has 2 rings (SSSR count). The summed E-state index contributed by atoms with van der Waals surface area (Å²) in [5.74, 6) is 0.554. The van der Waals surface area contributed by atoms with Crippen molar-refractivity contribution in [1.82, 2.24) is 4.90 Å². The second-order valence-electron chi connectivity index (χ2n) is 6.45. The number of aliphatic hydroxyl groups is 1. The summed E-state index contributed by atoms with van der Waals surface area (Å²) in [7, 11) is 0. The van der Waals surface area contributed by atoms with E-state index in [0.29, 0.717) is 18.0 Å². The van der Waals surface area contributed by atoms with Crippen molar-refractivity contribution in [3.8, 4) is 0 Å². The zero-order chi connectivity index (χ0) is 13.0. The molecule has 2 nitrogen and oxygen atoms in total. The Morgan fingerprint density at radius 3 is 2.56 bits per heavy atom. The first-order valence-corrected chi connectivity index (χ1v) is 8.17. The Labute approximate surface area is 113 Å². The molecule has 0 aromatic heterocycles. The van der Waals surface area contributed by atoms with Gasteiger partial charge in [0.25, 0.3) is 0 Å². The molecule has 0 aromatic rings. The molecule has 0 spiro atoms. The van der Waals surface area contributed by atoms with E-state index in [0.717, 1.165) is 6.42 Å². The number of piperidine rings is 1. The van der Waals surface area contributed by atoms with Crippen molar-refractivity contribution < 1.29 is 5.11 Å². The van der Waals surface area contributed by atoms with Crippen LogP contribution >= 0.6 is 0 Å². The second-order valence-corrected chi connectivity index (χ2v) is 6.45. The van der Waals surface area contributed by atoms with Crippen molar-refractivity contribution in [1.29, 1.82) is 0 Å². The number of hydrogen-bond donors (Lipinski definition) is 1. The van der Waals surface area contributed by atoms with Crippen LogP contribution in [0.2, 0.25) is 0 Å². The number of aliphatic hydroxyl groups excluding tert-OH is 1. The molecule has 1 heterocycles. The summed E-state index contributed by atoms with van der Waals surface area (Å²) in [6.45, 7) is 5.93. The summed E-state index contributed by atoms with van der Waals surface area (Å²) in [5.41, 5.74) is 0. The lowest BCUT2D eigenvalue weighted by molar-refractivity contribution is -0.0206. The number of rotatable bonds is 4. The molecule has 1 N–H and O–H groups in total. The lowest BCUT2D eigenvalue weighted by atomic mass is 9.77. The molecule has 1 aliphatic heterocycles. The van der Waals surface area contributed by atoms with E-state index in [4.69, 9.17) is 0 Å². The Kier molecular flexibility index (Phi) is 5.50. The average molecular weight is 253 g/mol. The fraction of sp³-hybridized carbons (Fsp3) is 1.00. The van der Waals surface area contributed by atoms with Gasteiger partial charge in [-0.3, -0.25) is 4.90 Å². The van der Waals surface area contributed by atoms with Crippen LogP contribution in [0.1, 0.15) is 71.6 Å². The predicted molar refractivity (Wildman–Crippen MR) is 76.7 cm³/mol. The molecule has 0 amide bonds. The van der Waals surface area contributed by atoms with Gasteiger partial charge in [-0.2, -0.15) is 0 Å². The summed E-state index contributed by atoms with van der Waals surface area (Å²) in [4.78, 5) is 2.73. The van der Waals surface area contributed by atoms with Crippen molar-refractivity contribution in [2.75, 3.05) is 6.54 Å². The topological polar surface area (TPSA) is 23.5 Å². The van der Waals surface area contributed by atoms with E-state index < -0.39 is 0 Å². The van der Waals surface area contributed by atoms with Gasteiger partial charge in [-0.25, -0.2) is 0 Å². The summed E-state index contributed by atoms with van der Waals surface area (Å²) >= 11 is 0. The van der Waals surface area contributed by atoms with Crippen LogP contribution in [0.4, 0.5) is 0 Å². The van der Waals surface area contributed by atoms with Gasteiger partial charge in [0.05, 0.1) is 6.10 Å². The maximum atomic E-state index is 10.3. The van der Waals surface area contributed by atoms with Gasteiger partial charge < -0.3 is 5.11 Å². The van der Waals surface area contributed by atoms with Gasteiger partial charge >= 0.3 is 0 Å². The van der Waals surface area contributed by atoms with Crippen LogP contribution < -0.4 is 0 Å². The summed E-state index contributed by atoms with van der Waals surface area (Å²) in [5, 5.41) is 10.3. The van der Waals surface area contributed by atoms with E-state index in [1.165, 1.54) is 57.9 Å². The number of hydrogen-bond acceptors (Lipinski definition) is 2. The minimum absolute atomic E-state index is 0.0295. The first-order chi connectivity index (χ1) is 8.74. The van der Waals surface area contributed by atoms with Gasteiger partial charge in [0.2, 0.25) is 0 Å². The highest BCUT2D eigenvalue weighted by atomic mass is 16.3. The molecule has 106 valence electrons. The van der Waals surface area contributed by atoms with Crippen molar-refractivity contribution in [2.45, 2.75) is 89.8 Å². The first kappa shape index (κ1) is 14.3. The molecule has 2 heteroatoms. The Balaban J connectivity index is 2.01. The summed E-state index contributed by atoms with van der Waals surface area (Å²) in [6.07, 6.45) is 11.4. The van der Waals surface area contributed by atoms with Gasteiger partial charge in [0.15, 0.2) is 0 Å². The van der Waals surface area contributed by atoms with Gasteiger partial charge in [0.1, 0.15) is 0 Å². The highest BCUT2D eigenvalue weighted by Crippen LogP contribution is 2.35. The maximum absolute atomic E-state index is 10.3. The second kappa shape index (κ2) is 6.91. The van der Waals surface area contributed by atoms with Crippen molar-refractivity contribution >= 4 is 0 Å². The third-order valence-corrected chi connectivity index (χ3v) is 5.14. The molecular weight excluding hydrogens is 222 g/mol. The predicted octanol–water partition coefficient (Wildman–Crippen LogP) is 3.58. The zero-order valence-corrected chi connectivity index (χ0v) is 12.3. The Morgan fingerprint density at radius 1 is 1.11 bits per heavy atom. The van der Waals surface area contributed by atoms with Crippen LogP contribution in [0.3, 0.4) is 0 Å². The van der Waals surface area contributed by atoms with E-state index >= 15 is 0 Å². The minimum atomic E-state index is -0.0295. The summed E-state index contributed by atoms with van der Waals surface area (Å²) < 4.78 is 0. The third kappa shape index (κ3) is 3.27. The van der Waals surface area contributed by atoms with Crippen LogP contribution in [0.25, 0.3) is 0 Å². The van der Waals surface area contributed by atoms with E-state index in [1.807, 2.05) is 0 Å². The van der Waals surface area contributed by atoms with Gasteiger partial charge in [-0.15, -0.1) is 0 Å². The maximum Gasteiger partial charge on any atom is 0.0583 e. The van der Waals surface area contributed by atoms with Gasteiger partial charge in [0, 0.05) is 18.0 Å². The molecule has 0 bridgehead atoms. The van der Waals surface area contributed by atoms with E-state index in [1.54, 1.807) is 0 Å². The van der Waals surface area contributed by atoms with Crippen molar-refractivity contribution in [2.24, 2.45) is 5.92 Å². The average Bonchev–Trinajstić information content (AvgIpc) is 2.40. The highest BCUT2D eigenvalue weighted by molar-refractivity contribution is 4.90. The number of likely N-dealkylation sites (tertiary alicyclic amines) is 1. The van der Waals surface area contributed by atoms with Crippen LogP contribution in [0.15, 0.2) is 0 Å². The smallest absolute Gasteiger partial charge is 0.0583 e. The zero-order valence-electron chi connectivity index (χ0n) is 12.3. The van der Waals surface area contributed by atoms with Crippen LogP contribution in [-0.4, -0.2) is 34.7 Å². The molecule has 4 unspecified atom stereocenters. The third-order valence-electron chi connectivity index (χ3n) is 5.14. The molecule has 4 atom stereocenters. The first-order valence-electron chi connectivity index (χ1n) is 8.17. The van der Waals surface area contributed by atoms with E-state index in [9.17, 15) is 5.11 Å². The normalized spacial score (nSPS) is 36.5. The highest BCUT2D eigenvalue weighted by Gasteiger charge is 2.36. The fourth-order valence-corrected chi connectivity index (χ4v) is 4.16. The summed E-state index contributed by atoms with van der Waals surface area (Å²) in [6, 6.07) is 1.37. The SMILES string of the molecule is CCCC(C)N1CCCCC1C1CCCCC1O. The largest absolute Gasteiger partial charge is 0.393 e. The standard InChI is InChI=1S/C16H31NO/c1-3-8-13(2)17-12-7-6-10-15(17)14-9-4-5-11-16(14)18/h13-16,18H,3-12H2,1-2H3. The molecule has 0 aromatic carbocycles. The molecular formula is C16H31NO. The van der Waals surface area contributed by atoms with Crippen molar-refractivity contribution in [3.63, 3.8) is 0 Å². The molecule has 2 fully saturated rings. The minimum Gasteiger partial charge on any atom is -0.393 e. The van der Waals surface area contributed by atoms with E-state index in [-0.39, 0.29) is 6.10 Å². The van der Waals surface area contributed by atoms with Crippen LogP contribution in [-0.2, 0) is 0 Å². The Hall–Kier alpha value is -0.0800. The quantitative estimate of drug-likeness (QED) is 0.828. The van der Waals surface area contributed by atoms with Gasteiger partial charge in [-0.05, 0) is 45.6 Å².